The van der Waals surface area contributed by atoms with Crippen molar-refractivity contribution in [1.82, 2.24) is 15.5 Å². The van der Waals surface area contributed by atoms with Gasteiger partial charge < -0.3 is 37.2 Å². The zero-order chi connectivity index (χ0) is 26.8. The first-order chi connectivity index (χ1) is 17.0. The third-order valence-electron chi connectivity index (χ3n) is 5.76. The van der Waals surface area contributed by atoms with E-state index >= 15 is 0 Å². The van der Waals surface area contributed by atoms with Gasteiger partial charge >= 0.3 is 11.9 Å². The average Bonchev–Trinajstić information content (AvgIpc) is 3.31. The van der Waals surface area contributed by atoms with E-state index in [2.05, 4.69) is 10.6 Å². The largest absolute Gasteiger partial charge is 0.481 e. The minimum Gasteiger partial charge on any atom is -0.481 e. The standard InChI is InChI=1S/C23H31N5O8/c24-14(12-18(25)29)20(32)27-16(11-13-5-2-1-3-6-13)21(33)26-15(8-9-19(30)31)22(34)28-10-4-7-17(28)23(35)36/h1-3,5-6,14-17H,4,7-12,24H2,(H2,25,29)(H,26,33)(H,27,32)(H,30,31)(H,35,36). The van der Waals surface area contributed by atoms with Gasteiger partial charge in [-0.15, -0.1) is 0 Å². The second-order valence-electron chi connectivity index (χ2n) is 8.55. The summed E-state index contributed by atoms with van der Waals surface area (Å²) in [4.78, 5) is 73.8. The van der Waals surface area contributed by atoms with Gasteiger partial charge in [-0.05, 0) is 24.8 Å². The molecule has 1 aliphatic heterocycles. The molecule has 1 aromatic rings. The summed E-state index contributed by atoms with van der Waals surface area (Å²) in [7, 11) is 0. The Morgan fingerprint density at radius 3 is 2.22 bits per heavy atom. The molecular weight excluding hydrogens is 474 g/mol. The van der Waals surface area contributed by atoms with Crippen LogP contribution in [-0.2, 0) is 35.2 Å². The Bertz CT molecular complexity index is 986. The molecule has 13 heteroatoms. The van der Waals surface area contributed by atoms with Crippen molar-refractivity contribution in [2.75, 3.05) is 6.54 Å². The number of nitrogens with zero attached hydrogens (tertiary/aromatic N) is 1. The first-order valence-corrected chi connectivity index (χ1v) is 11.4. The Morgan fingerprint density at radius 1 is 1.00 bits per heavy atom. The number of hydrogen-bond acceptors (Lipinski definition) is 7. The Balaban J connectivity index is 2.25. The molecule has 4 atom stereocenters. The molecule has 1 fully saturated rings. The van der Waals surface area contributed by atoms with E-state index in [1.807, 2.05) is 0 Å². The smallest absolute Gasteiger partial charge is 0.326 e. The van der Waals surface area contributed by atoms with Gasteiger partial charge in [0, 0.05) is 19.4 Å². The highest BCUT2D eigenvalue weighted by molar-refractivity contribution is 5.95. The molecule has 4 amide bonds. The van der Waals surface area contributed by atoms with Crippen LogP contribution in [0.2, 0.25) is 0 Å². The Labute approximate surface area is 207 Å². The zero-order valence-electron chi connectivity index (χ0n) is 19.6. The molecule has 1 saturated heterocycles. The van der Waals surface area contributed by atoms with E-state index in [9.17, 15) is 33.9 Å². The maximum Gasteiger partial charge on any atom is 0.326 e. The molecule has 1 heterocycles. The summed E-state index contributed by atoms with van der Waals surface area (Å²) < 4.78 is 0. The number of nitrogens with one attached hydrogen (secondary N) is 2. The van der Waals surface area contributed by atoms with Crippen molar-refractivity contribution < 1.29 is 39.0 Å². The Hall–Kier alpha value is -4.00. The minimum atomic E-state index is -1.33. The number of hydrogen-bond donors (Lipinski definition) is 6. The van der Waals surface area contributed by atoms with Crippen LogP contribution in [0, 0.1) is 0 Å². The molecule has 0 radical (unpaired) electrons. The number of nitrogens with two attached hydrogens (primary N) is 2. The van der Waals surface area contributed by atoms with Crippen LogP contribution in [-0.4, -0.2) is 81.4 Å². The molecule has 36 heavy (non-hydrogen) atoms. The fourth-order valence-electron chi connectivity index (χ4n) is 3.93. The number of carboxylic acids is 2. The van der Waals surface area contributed by atoms with Crippen molar-refractivity contribution in [2.24, 2.45) is 11.5 Å². The summed E-state index contributed by atoms with van der Waals surface area (Å²) in [6.45, 7) is 0.154. The summed E-state index contributed by atoms with van der Waals surface area (Å²) in [5, 5.41) is 23.4. The van der Waals surface area contributed by atoms with E-state index < -0.39 is 72.6 Å². The summed E-state index contributed by atoms with van der Waals surface area (Å²) in [5.41, 5.74) is 11.4. The third kappa shape index (κ3) is 8.34. The first kappa shape index (κ1) is 28.2. The number of carbonyl (C=O) groups is 6. The number of amides is 4. The van der Waals surface area contributed by atoms with Gasteiger partial charge in [-0.1, -0.05) is 30.3 Å². The van der Waals surface area contributed by atoms with Gasteiger partial charge in [-0.2, -0.15) is 0 Å². The highest BCUT2D eigenvalue weighted by Crippen LogP contribution is 2.20. The molecule has 0 aliphatic carbocycles. The van der Waals surface area contributed by atoms with Gasteiger partial charge in [0.15, 0.2) is 0 Å². The molecule has 1 aliphatic rings. The SMILES string of the molecule is NC(=O)CC(N)C(=O)NC(Cc1ccccc1)C(=O)NC(CCC(=O)O)C(=O)N1CCCC1C(=O)O. The predicted octanol–water partition coefficient (Wildman–Crippen LogP) is -1.66. The van der Waals surface area contributed by atoms with E-state index in [4.69, 9.17) is 16.6 Å². The Morgan fingerprint density at radius 2 is 1.64 bits per heavy atom. The number of benzene rings is 1. The van der Waals surface area contributed by atoms with Gasteiger partial charge in [0.05, 0.1) is 12.5 Å². The lowest BCUT2D eigenvalue weighted by Gasteiger charge is -2.29. The molecule has 4 unspecified atom stereocenters. The third-order valence-corrected chi connectivity index (χ3v) is 5.76. The molecule has 8 N–H and O–H groups in total. The number of primary amides is 1. The number of carboxylic acid groups (broad SMARTS) is 2. The van der Waals surface area contributed by atoms with Gasteiger partial charge in [0.2, 0.25) is 23.6 Å². The van der Waals surface area contributed by atoms with Crippen LogP contribution >= 0.6 is 0 Å². The first-order valence-electron chi connectivity index (χ1n) is 11.4. The van der Waals surface area contributed by atoms with E-state index in [1.54, 1.807) is 30.3 Å². The lowest BCUT2D eigenvalue weighted by atomic mass is 10.0. The van der Waals surface area contributed by atoms with Gasteiger partial charge in [-0.3, -0.25) is 24.0 Å². The highest BCUT2D eigenvalue weighted by Gasteiger charge is 2.38. The molecule has 0 saturated carbocycles. The molecule has 0 spiro atoms. The molecular formula is C23H31N5O8. The van der Waals surface area contributed by atoms with Crippen LogP contribution < -0.4 is 22.1 Å². The van der Waals surface area contributed by atoms with E-state index in [1.165, 1.54) is 0 Å². The van der Waals surface area contributed by atoms with Crippen molar-refractivity contribution >= 4 is 35.6 Å². The molecule has 0 aromatic heterocycles. The van der Waals surface area contributed by atoms with Crippen molar-refractivity contribution in [1.29, 1.82) is 0 Å². The van der Waals surface area contributed by atoms with Gasteiger partial charge in [-0.25, -0.2) is 4.79 Å². The van der Waals surface area contributed by atoms with Crippen LogP contribution in [0.25, 0.3) is 0 Å². The summed E-state index contributed by atoms with van der Waals surface area (Å²) in [5.74, 6) is -5.53. The molecule has 2 rings (SSSR count). The molecule has 196 valence electrons. The second-order valence-corrected chi connectivity index (χ2v) is 8.55. The average molecular weight is 506 g/mol. The Kier molecular flexibility index (Phi) is 10.3. The topological polar surface area (TPSA) is 222 Å². The zero-order valence-corrected chi connectivity index (χ0v) is 19.6. The number of rotatable bonds is 13. The number of aliphatic carboxylic acids is 2. The van der Waals surface area contributed by atoms with Crippen LogP contribution in [0.1, 0.15) is 37.7 Å². The normalized spacial score (nSPS) is 17.5. The van der Waals surface area contributed by atoms with Gasteiger partial charge in [0.1, 0.15) is 18.1 Å². The van der Waals surface area contributed by atoms with Crippen LogP contribution in [0.5, 0.6) is 0 Å². The van der Waals surface area contributed by atoms with Crippen molar-refractivity contribution in [3.8, 4) is 0 Å². The van der Waals surface area contributed by atoms with Crippen molar-refractivity contribution in [2.45, 2.75) is 62.7 Å². The maximum atomic E-state index is 13.2. The van der Waals surface area contributed by atoms with Crippen LogP contribution in [0.3, 0.4) is 0 Å². The lowest BCUT2D eigenvalue weighted by Crippen LogP contribution is -2.58. The minimum absolute atomic E-state index is 0.00299. The lowest BCUT2D eigenvalue weighted by molar-refractivity contribution is -0.150. The maximum absolute atomic E-state index is 13.2. The van der Waals surface area contributed by atoms with E-state index in [-0.39, 0.29) is 25.8 Å². The summed E-state index contributed by atoms with van der Waals surface area (Å²) >= 11 is 0. The predicted molar refractivity (Wildman–Crippen MR) is 125 cm³/mol. The highest BCUT2D eigenvalue weighted by atomic mass is 16.4. The van der Waals surface area contributed by atoms with Crippen molar-refractivity contribution in [3.05, 3.63) is 35.9 Å². The summed E-state index contributed by atoms with van der Waals surface area (Å²) in [6, 6.07) is 3.69. The summed E-state index contributed by atoms with van der Waals surface area (Å²) in [6.07, 6.45) is -0.491. The number of likely N-dealkylation sites (tertiary alicyclic amines) is 1. The van der Waals surface area contributed by atoms with Crippen molar-refractivity contribution in [3.63, 3.8) is 0 Å². The quantitative estimate of drug-likeness (QED) is 0.180. The van der Waals surface area contributed by atoms with Crippen LogP contribution in [0.4, 0.5) is 0 Å². The molecule has 1 aromatic carbocycles. The molecule has 0 bridgehead atoms. The fourth-order valence-corrected chi connectivity index (χ4v) is 3.93. The van der Waals surface area contributed by atoms with E-state index in [0.717, 1.165) is 4.90 Å². The fraction of sp³-hybridized carbons (Fsp3) is 0.478. The monoisotopic (exact) mass is 505 g/mol. The number of carbonyl (C=O) groups excluding carboxylic acids is 4. The molecule has 13 nitrogen and oxygen atoms in total. The van der Waals surface area contributed by atoms with E-state index in [0.29, 0.717) is 12.0 Å². The second kappa shape index (κ2) is 13.2. The van der Waals surface area contributed by atoms with Crippen LogP contribution in [0.15, 0.2) is 30.3 Å². The van der Waals surface area contributed by atoms with Gasteiger partial charge in [0.25, 0.3) is 0 Å².